The first-order valence-corrected chi connectivity index (χ1v) is 8.81. The molecule has 2 unspecified atom stereocenters. The van der Waals surface area contributed by atoms with Crippen molar-refractivity contribution in [3.05, 3.63) is 22.4 Å². The fourth-order valence-electron chi connectivity index (χ4n) is 2.86. The van der Waals surface area contributed by atoms with Crippen LogP contribution in [-0.2, 0) is 9.59 Å². The van der Waals surface area contributed by atoms with Gasteiger partial charge in [0, 0.05) is 13.1 Å². The zero-order valence-corrected chi connectivity index (χ0v) is 15.0. The fourth-order valence-corrected chi connectivity index (χ4v) is 3.48. The molecule has 0 bridgehead atoms. The predicted octanol–water partition coefficient (Wildman–Crippen LogP) is 2.37. The van der Waals surface area contributed by atoms with E-state index in [1.807, 2.05) is 0 Å². The highest BCUT2D eigenvalue weighted by Gasteiger charge is 2.64. The van der Waals surface area contributed by atoms with E-state index in [1.165, 1.54) is 11.3 Å². The number of rotatable bonds is 5. The maximum Gasteiger partial charge on any atom is 0.406 e. The second-order valence-corrected chi connectivity index (χ2v) is 7.51. The molecule has 1 aliphatic heterocycles. The molecule has 0 radical (unpaired) electrons. The van der Waals surface area contributed by atoms with E-state index in [0.29, 0.717) is 4.88 Å². The standard InChI is InChI=1S/C16H19F3N2O4S/c1-9(2)11(20-12(22)10-4-3-7-26-10)13(23)21-6-5-15(8-21,14(24)25)16(17,18)19/h3-4,7,9,11H,5-6,8H2,1-2H3,(H,20,22)(H,24,25). The molecular formula is C16H19F3N2O4S. The predicted molar refractivity (Wildman–Crippen MR) is 87.7 cm³/mol. The number of alkyl halides is 3. The van der Waals surface area contributed by atoms with Gasteiger partial charge in [0.25, 0.3) is 5.91 Å². The van der Waals surface area contributed by atoms with E-state index in [2.05, 4.69) is 5.32 Å². The van der Waals surface area contributed by atoms with Crippen LogP contribution in [0, 0.1) is 11.3 Å². The number of carboxylic acid groups (broad SMARTS) is 1. The van der Waals surface area contributed by atoms with Gasteiger partial charge in [-0.3, -0.25) is 14.4 Å². The number of halogens is 3. The Hall–Kier alpha value is -2.10. The van der Waals surface area contributed by atoms with Crippen LogP contribution in [0.4, 0.5) is 13.2 Å². The lowest BCUT2D eigenvalue weighted by atomic mass is 9.86. The van der Waals surface area contributed by atoms with Gasteiger partial charge in [-0.1, -0.05) is 19.9 Å². The number of nitrogens with zero attached hydrogens (tertiary/aromatic N) is 1. The lowest BCUT2D eigenvalue weighted by Crippen LogP contribution is -2.53. The normalized spacial score (nSPS) is 21.7. The Balaban J connectivity index is 2.17. The SMILES string of the molecule is CC(C)C(NC(=O)c1cccs1)C(=O)N1CCC(C(=O)O)(C(F)(F)F)C1. The molecule has 2 amide bonds. The summed E-state index contributed by atoms with van der Waals surface area (Å²) in [7, 11) is 0. The molecule has 144 valence electrons. The molecule has 2 heterocycles. The van der Waals surface area contributed by atoms with Crippen molar-refractivity contribution in [1.29, 1.82) is 0 Å². The van der Waals surface area contributed by atoms with E-state index in [9.17, 15) is 27.6 Å². The Labute approximate surface area is 152 Å². The molecular weight excluding hydrogens is 373 g/mol. The Morgan fingerprint density at radius 2 is 2.00 bits per heavy atom. The molecule has 0 spiro atoms. The summed E-state index contributed by atoms with van der Waals surface area (Å²) in [6.07, 6.45) is -5.68. The second-order valence-electron chi connectivity index (χ2n) is 6.57. The number of nitrogens with one attached hydrogen (secondary N) is 1. The van der Waals surface area contributed by atoms with E-state index in [-0.39, 0.29) is 12.5 Å². The average Bonchev–Trinajstić information content (AvgIpc) is 3.20. The molecule has 10 heteroatoms. The van der Waals surface area contributed by atoms with Crippen molar-refractivity contribution < 1.29 is 32.7 Å². The van der Waals surface area contributed by atoms with Crippen molar-refractivity contribution in [3.8, 4) is 0 Å². The third-order valence-electron chi connectivity index (χ3n) is 4.50. The van der Waals surface area contributed by atoms with Gasteiger partial charge in [-0.2, -0.15) is 13.2 Å². The number of carboxylic acids is 1. The van der Waals surface area contributed by atoms with Crippen molar-refractivity contribution in [2.75, 3.05) is 13.1 Å². The summed E-state index contributed by atoms with van der Waals surface area (Å²) in [5.41, 5.74) is -2.97. The van der Waals surface area contributed by atoms with Gasteiger partial charge >= 0.3 is 12.1 Å². The Bertz CT molecular complexity index is 690. The van der Waals surface area contributed by atoms with Crippen LogP contribution in [-0.4, -0.2) is 53.1 Å². The van der Waals surface area contributed by atoms with Crippen molar-refractivity contribution in [3.63, 3.8) is 0 Å². The number of thiophene rings is 1. The van der Waals surface area contributed by atoms with Crippen LogP contribution in [0.5, 0.6) is 0 Å². The van der Waals surface area contributed by atoms with E-state index < -0.39 is 48.4 Å². The molecule has 1 aliphatic rings. The van der Waals surface area contributed by atoms with Crippen LogP contribution in [0.1, 0.15) is 29.9 Å². The Morgan fingerprint density at radius 1 is 1.35 bits per heavy atom. The molecule has 2 N–H and O–H groups in total. The lowest BCUT2D eigenvalue weighted by molar-refractivity contribution is -0.227. The molecule has 0 aliphatic carbocycles. The molecule has 2 rings (SSSR count). The minimum Gasteiger partial charge on any atom is -0.481 e. The van der Waals surface area contributed by atoms with Crippen LogP contribution < -0.4 is 5.32 Å². The summed E-state index contributed by atoms with van der Waals surface area (Å²) >= 11 is 1.17. The van der Waals surface area contributed by atoms with Crippen LogP contribution in [0.3, 0.4) is 0 Å². The third-order valence-corrected chi connectivity index (χ3v) is 5.37. The summed E-state index contributed by atoms with van der Waals surface area (Å²) in [5.74, 6) is -3.58. The molecule has 0 saturated carbocycles. The molecule has 26 heavy (non-hydrogen) atoms. The number of hydrogen-bond acceptors (Lipinski definition) is 4. The number of likely N-dealkylation sites (tertiary alicyclic amines) is 1. The van der Waals surface area contributed by atoms with Gasteiger partial charge < -0.3 is 15.3 Å². The van der Waals surface area contributed by atoms with Gasteiger partial charge in [0.2, 0.25) is 5.91 Å². The average molecular weight is 392 g/mol. The maximum absolute atomic E-state index is 13.3. The maximum atomic E-state index is 13.3. The van der Waals surface area contributed by atoms with Gasteiger partial charge in [0.1, 0.15) is 6.04 Å². The van der Waals surface area contributed by atoms with Gasteiger partial charge in [0.15, 0.2) is 5.41 Å². The molecule has 1 saturated heterocycles. The van der Waals surface area contributed by atoms with Crippen molar-refractivity contribution in [1.82, 2.24) is 10.2 Å². The van der Waals surface area contributed by atoms with Gasteiger partial charge in [0.05, 0.1) is 4.88 Å². The minimum absolute atomic E-state index is 0.331. The zero-order chi connectivity index (χ0) is 19.7. The van der Waals surface area contributed by atoms with Crippen molar-refractivity contribution in [2.24, 2.45) is 11.3 Å². The summed E-state index contributed by atoms with van der Waals surface area (Å²) in [4.78, 5) is 37.4. The second kappa shape index (κ2) is 7.26. The van der Waals surface area contributed by atoms with Gasteiger partial charge in [-0.15, -0.1) is 11.3 Å². The van der Waals surface area contributed by atoms with Crippen molar-refractivity contribution >= 4 is 29.1 Å². The Kier molecular flexibility index (Phi) is 5.64. The smallest absolute Gasteiger partial charge is 0.406 e. The molecule has 6 nitrogen and oxygen atoms in total. The van der Waals surface area contributed by atoms with Gasteiger partial charge in [-0.05, 0) is 23.8 Å². The molecule has 1 fully saturated rings. The highest BCUT2D eigenvalue weighted by atomic mass is 32.1. The van der Waals surface area contributed by atoms with Crippen LogP contribution in [0.2, 0.25) is 0 Å². The molecule has 0 aromatic carbocycles. The lowest BCUT2D eigenvalue weighted by Gasteiger charge is -2.30. The van der Waals surface area contributed by atoms with Crippen molar-refractivity contribution in [2.45, 2.75) is 32.5 Å². The van der Waals surface area contributed by atoms with E-state index >= 15 is 0 Å². The Morgan fingerprint density at radius 3 is 2.42 bits per heavy atom. The first-order valence-electron chi connectivity index (χ1n) is 7.93. The highest BCUT2D eigenvalue weighted by molar-refractivity contribution is 7.12. The first-order chi connectivity index (χ1) is 12.0. The monoisotopic (exact) mass is 392 g/mol. The number of carbonyl (C=O) groups excluding carboxylic acids is 2. The topological polar surface area (TPSA) is 86.7 Å². The summed E-state index contributed by atoms with van der Waals surface area (Å²) < 4.78 is 39.8. The highest BCUT2D eigenvalue weighted by Crippen LogP contribution is 2.45. The van der Waals surface area contributed by atoms with E-state index in [1.54, 1.807) is 31.4 Å². The van der Waals surface area contributed by atoms with Crippen LogP contribution in [0.15, 0.2) is 17.5 Å². The van der Waals surface area contributed by atoms with E-state index in [4.69, 9.17) is 5.11 Å². The number of aliphatic carboxylic acids is 1. The molecule has 1 aromatic rings. The fraction of sp³-hybridized carbons (Fsp3) is 0.562. The van der Waals surface area contributed by atoms with Gasteiger partial charge in [-0.25, -0.2) is 0 Å². The number of amides is 2. The molecule has 1 aromatic heterocycles. The first kappa shape index (κ1) is 20.2. The minimum atomic E-state index is -4.97. The largest absolute Gasteiger partial charge is 0.481 e. The third kappa shape index (κ3) is 3.69. The summed E-state index contributed by atoms with van der Waals surface area (Å²) in [5, 5.41) is 13.3. The summed E-state index contributed by atoms with van der Waals surface area (Å²) in [6.45, 7) is 2.02. The molecule has 2 atom stereocenters. The quantitative estimate of drug-likeness (QED) is 0.806. The number of hydrogen-bond donors (Lipinski definition) is 2. The van der Waals surface area contributed by atoms with Crippen LogP contribution in [0.25, 0.3) is 0 Å². The zero-order valence-electron chi connectivity index (χ0n) is 14.2. The van der Waals surface area contributed by atoms with E-state index in [0.717, 1.165) is 4.90 Å². The van der Waals surface area contributed by atoms with Crippen LogP contribution >= 0.6 is 11.3 Å². The summed E-state index contributed by atoms with van der Waals surface area (Å²) in [6, 6.07) is 2.19. The number of carbonyl (C=O) groups is 3.